The molecular formula is C14H25N. The Morgan fingerprint density at radius 2 is 1.53 bits per heavy atom. The number of rotatable bonds is 4. The highest BCUT2D eigenvalue weighted by Gasteiger charge is 1.94. The normalized spacial score (nSPS) is 8.40. The number of hydrogen-bond donors (Lipinski definition) is 1. The highest BCUT2D eigenvalue weighted by molar-refractivity contribution is 5.36. The molecule has 1 heteroatoms. The van der Waals surface area contributed by atoms with Gasteiger partial charge in [-0.1, -0.05) is 45.7 Å². The highest BCUT2D eigenvalue weighted by atomic mass is 14.9. The first kappa shape index (κ1) is 19.1. The van der Waals surface area contributed by atoms with Gasteiger partial charge in [0, 0.05) is 11.4 Å². The van der Waals surface area contributed by atoms with Gasteiger partial charge in [0.2, 0.25) is 0 Å². The summed E-state index contributed by atoms with van der Waals surface area (Å²) in [5.41, 5.74) is 2.74. The van der Waals surface area contributed by atoms with Crippen LogP contribution in [-0.4, -0.2) is 0 Å². The van der Waals surface area contributed by atoms with Gasteiger partial charge in [-0.3, -0.25) is 0 Å². The summed E-state index contributed by atoms with van der Waals surface area (Å²) in [6.07, 6.45) is 3.71. The van der Waals surface area contributed by atoms with Gasteiger partial charge in [0.25, 0.3) is 0 Å². The second kappa shape index (κ2) is 15.0. The fourth-order valence-corrected chi connectivity index (χ4v) is 0.745. The van der Waals surface area contributed by atoms with Gasteiger partial charge in [0.15, 0.2) is 0 Å². The zero-order chi connectivity index (χ0) is 12.9. The van der Waals surface area contributed by atoms with Gasteiger partial charge in [-0.15, -0.1) is 13.2 Å². The molecule has 1 N–H and O–H groups in total. The predicted molar refractivity (Wildman–Crippen MR) is 73.6 cm³/mol. The summed E-state index contributed by atoms with van der Waals surface area (Å²) in [5.74, 6) is 0. The van der Waals surface area contributed by atoms with Crippen molar-refractivity contribution in [1.29, 1.82) is 0 Å². The van der Waals surface area contributed by atoms with Crippen LogP contribution in [0.25, 0.3) is 0 Å². The zero-order valence-electron chi connectivity index (χ0n) is 10.7. The van der Waals surface area contributed by atoms with Gasteiger partial charge in [-0.25, -0.2) is 0 Å². The third-order valence-electron chi connectivity index (χ3n) is 1.24. The highest BCUT2D eigenvalue weighted by Crippen LogP contribution is 2.05. The van der Waals surface area contributed by atoms with Crippen molar-refractivity contribution in [2.45, 2.75) is 27.7 Å². The Morgan fingerprint density at radius 1 is 1.13 bits per heavy atom. The topological polar surface area (TPSA) is 12.0 Å². The van der Waals surface area contributed by atoms with Crippen LogP contribution in [0, 0.1) is 0 Å². The Hall–Kier alpha value is -1.50. The summed E-state index contributed by atoms with van der Waals surface area (Å²) in [4.78, 5) is 0. The van der Waals surface area contributed by atoms with E-state index in [0.717, 1.165) is 17.0 Å². The van der Waals surface area contributed by atoms with E-state index >= 15 is 0 Å². The van der Waals surface area contributed by atoms with Gasteiger partial charge in [-0.05, 0) is 19.4 Å². The number of nitrogens with one attached hydrogen (secondary N) is 1. The van der Waals surface area contributed by atoms with Crippen LogP contribution in [0.5, 0.6) is 0 Å². The van der Waals surface area contributed by atoms with Crippen LogP contribution in [0.15, 0.2) is 62.0 Å². The Labute approximate surface area is 95.6 Å². The van der Waals surface area contributed by atoms with Crippen LogP contribution < -0.4 is 5.32 Å². The lowest BCUT2D eigenvalue weighted by Gasteiger charge is -2.08. The van der Waals surface area contributed by atoms with E-state index in [-0.39, 0.29) is 0 Å². The molecule has 0 aliphatic heterocycles. The van der Waals surface area contributed by atoms with E-state index in [4.69, 9.17) is 0 Å². The minimum atomic E-state index is 0.843. The van der Waals surface area contributed by atoms with E-state index in [2.05, 4.69) is 38.2 Å². The molecule has 0 radical (unpaired) electrons. The molecule has 0 bridgehead atoms. The van der Waals surface area contributed by atoms with Crippen LogP contribution in [-0.2, 0) is 0 Å². The summed E-state index contributed by atoms with van der Waals surface area (Å²) in [7, 11) is 0. The van der Waals surface area contributed by atoms with Crippen LogP contribution >= 0.6 is 0 Å². The molecule has 0 aromatic carbocycles. The van der Waals surface area contributed by atoms with Crippen LogP contribution in [0.1, 0.15) is 27.7 Å². The van der Waals surface area contributed by atoms with Gasteiger partial charge in [0.1, 0.15) is 0 Å². The summed E-state index contributed by atoms with van der Waals surface area (Å²) >= 11 is 0. The Bertz CT molecular complexity index is 221. The quantitative estimate of drug-likeness (QED) is 0.525. The molecule has 0 aliphatic carbocycles. The van der Waals surface area contributed by atoms with E-state index in [1.807, 2.05) is 33.8 Å². The van der Waals surface area contributed by atoms with Crippen LogP contribution in [0.3, 0.4) is 0 Å². The Morgan fingerprint density at radius 3 is 1.73 bits per heavy atom. The van der Waals surface area contributed by atoms with Crippen molar-refractivity contribution in [2.75, 3.05) is 0 Å². The first-order chi connectivity index (χ1) is 7.11. The Balaban J connectivity index is -0.000000318. The summed E-state index contributed by atoms with van der Waals surface area (Å²) in [6.45, 7) is 25.0. The van der Waals surface area contributed by atoms with Crippen molar-refractivity contribution >= 4 is 0 Å². The fourth-order valence-electron chi connectivity index (χ4n) is 0.745. The van der Waals surface area contributed by atoms with Gasteiger partial charge in [0.05, 0.1) is 0 Å². The molecule has 0 aromatic heterocycles. The molecule has 0 amide bonds. The molecule has 0 rings (SSSR count). The first-order valence-corrected chi connectivity index (χ1v) is 5.02. The van der Waals surface area contributed by atoms with E-state index in [9.17, 15) is 0 Å². The standard InChI is InChI=1S/C10H15N.C2H6.C2H4/c1-6-10(7-2)9(5)11-8(3)4;2*1-2/h6-7,11H,1,3,5H2,2,4H3;1-2H3;1-2H2/b10-7+;;. The van der Waals surface area contributed by atoms with Crippen molar-refractivity contribution in [3.05, 3.63) is 62.0 Å². The van der Waals surface area contributed by atoms with E-state index < -0.39 is 0 Å². The summed E-state index contributed by atoms with van der Waals surface area (Å²) in [6, 6.07) is 0. The second-order valence-corrected chi connectivity index (χ2v) is 2.33. The average molecular weight is 207 g/mol. The maximum atomic E-state index is 3.83. The molecule has 0 atom stereocenters. The number of allylic oxidation sites excluding steroid dienone is 3. The van der Waals surface area contributed by atoms with Crippen molar-refractivity contribution < 1.29 is 0 Å². The smallest absolute Gasteiger partial charge is 0.0378 e. The monoisotopic (exact) mass is 207 g/mol. The maximum absolute atomic E-state index is 3.83. The van der Waals surface area contributed by atoms with Crippen molar-refractivity contribution in [2.24, 2.45) is 0 Å². The second-order valence-electron chi connectivity index (χ2n) is 2.33. The summed E-state index contributed by atoms with van der Waals surface area (Å²) in [5, 5.41) is 3.02. The average Bonchev–Trinajstić information content (AvgIpc) is 2.24. The zero-order valence-corrected chi connectivity index (χ0v) is 10.7. The minimum absolute atomic E-state index is 0.843. The van der Waals surface area contributed by atoms with Crippen molar-refractivity contribution in [3.8, 4) is 0 Å². The molecular weight excluding hydrogens is 182 g/mol. The third kappa shape index (κ3) is 12.5. The fraction of sp³-hybridized carbons (Fsp3) is 0.286. The molecule has 15 heavy (non-hydrogen) atoms. The minimum Gasteiger partial charge on any atom is -0.360 e. The lowest BCUT2D eigenvalue weighted by Crippen LogP contribution is -2.09. The largest absolute Gasteiger partial charge is 0.360 e. The molecule has 0 saturated heterocycles. The van der Waals surface area contributed by atoms with Crippen molar-refractivity contribution in [3.63, 3.8) is 0 Å². The Kier molecular flexibility index (Phi) is 19.1. The molecule has 1 nitrogen and oxygen atoms in total. The maximum Gasteiger partial charge on any atom is 0.0378 e. The predicted octanol–water partition coefficient (Wildman–Crippen LogP) is 4.58. The van der Waals surface area contributed by atoms with Crippen molar-refractivity contribution in [1.82, 2.24) is 5.32 Å². The molecule has 0 aliphatic rings. The molecule has 0 aromatic rings. The summed E-state index contributed by atoms with van der Waals surface area (Å²) < 4.78 is 0. The molecule has 0 saturated carbocycles. The first-order valence-electron chi connectivity index (χ1n) is 5.02. The lowest BCUT2D eigenvalue weighted by molar-refractivity contribution is 1.00. The molecule has 0 spiro atoms. The third-order valence-corrected chi connectivity index (χ3v) is 1.24. The van der Waals surface area contributed by atoms with Crippen LogP contribution in [0.4, 0.5) is 0 Å². The van der Waals surface area contributed by atoms with E-state index in [1.54, 1.807) is 6.08 Å². The molecule has 86 valence electrons. The van der Waals surface area contributed by atoms with Gasteiger partial charge >= 0.3 is 0 Å². The lowest BCUT2D eigenvalue weighted by atomic mass is 10.2. The van der Waals surface area contributed by atoms with Gasteiger partial charge in [-0.2, -0.15) is 0 Å². The SMILES string of the molecule is C=C.C=C/C(=C\C)C(=C)NC(=C)C.CC. The van der Waals surface area contributed by atoms with E-state index in [0.29, 0.717) is 0 Å². The number of hydrogen-bond acceptors (Lipinski definition) is 1. The van der Waals surface area contributed by atoms with Gasteiger partial charge < -0.3 is 5.32 Å². The van der Waals surface area contributed by atoms with Crippen LogP contribution in [0.2, 0.25) is 0 Å². The molecule has 0 heterocycles. The molecule has 0 fully saturated rings. The molecule has 0 unspecified atom stereocenters. The van der Waals surface area contributed by atoms with E-state index in [1.165, 1.54) is 0 Å².